The van der Waals surface area contributed by atoms with Gasteiger partial charge in [0.1, 0.15) is 11.5 Å². The van der Waals surface area contributed by atoms with Crippen molar-refractivity contribution in [1.29, 1.82) is 0 Å². The van der Waals surface area contributed by atoms with Crippen LogP contribution in [0.1, 0.15) is 22.3 Å². The average molecular weight is 404 g/mol. The van der Waals surface area contributed by atoms with Crippen LogP contribution >= 0.6 is 0 Å². The van der Waals surface area contributed by atoms with Gasteiger partial charge in [0.05, 0.1) is 19.9 Å². The molecule has 0 saturated heterocycles. The average Bonchev–Trinajstić information content (AvgIpc) is 2.78. The van der Waals surface area contributed by atoms with Gasteiger partial charge < -0.3 is 20.1 Å². The number of hydrogen-bond donors (Lipinski definition) is 2. The van der Waals surface area contributed by atoms with Gasteiger partial charge in [-0.25, -0.2) is 0 Å². The first-order valence-corrected chi connectivity index (χ1v) is 9.57. The Morgan fingerprint density at radius 1 is 0.767 bits per heavy atom. The largest absolute Gasteiger partial charge is 0.496 e. The molecule has 30 heavy (non-hydrogen) atoms. The van der Waals surface area contributed by atoms with E-state index in [0.717, 1.165) is 11.3 Å². The van der Waals surface area contributed by atoms with Gasteiger partial charge in [-0.2, -0.15) is 0 Å². The van der Waals surface area contributed by atoms with Crippen molar-refractivity contribution in [2.45, 2.75) is 12.8 Å². The molecule has 2 amide bonds. The van der Waals surface area contributed by atoms with E-state index in [9.17, 15) is 9.59 Å². The first kappa shape index (κ1) is 20.9. The fourth-order valence-electron chi connectivity index (χ4n) is 3.03. The van der Waals surface area contributed by atoms with E-state index in [0.29, 0.717) is 35.5 Å². The predicted octanol–water partition coefficient (Wildman–Crippen LogP) is 4.53. The van der Waals surface area contributed by atoms with Crippen LogP contribution in [0, 0.1) is 0 Å². The maximum Gasteiger partial charge on any atom is 0.255 e. The van der Waals surface area contributed by atoms with Crippen LogP contribution in [0.25, 0.3) is 0 Å². The highest BCUT2D eigenvalue weighted by molar-refractivity contribution is 6.05. The third-order valence-corrected chi connectivity index (χ3v) is 4.60. The highest BCUT2D eigenvalue weighted by Gasteiger charge is 2.10. The number of aryl methyl sites for hydroxylation is 1. The van der Waals surface area contributed by atoms with Crippen molar-refractivity contribution in [2.24, 2.45) is 0 Å². The van der Waals surface area contributed by atoms with Gasteiger partial charge in [-0.3, -0.25) is 9.59 Å². The molecule has 0 atom stereocenters. The molecule has 3 aromatic carbocycles. The van der Waals surface area contributed by atoms with Gasteiger partial charge in [0.25, 0.3) is 5.91 Å². The Hall–Kier alpha value is -3.80. The minimum atomic E-state index is -0.256. The molecule has 2 N–H and O–H groups in total. The number of nitrogens with one attached hydrogen (secondary N) is 2. The summed E-state index contributed by atoms with van der Waals surface area (Å²) in [4.78, 5) is 24.7. The van der Waals surface area contributed by atoms with Gasteiger partial charge in [0.15, 0.2) is 0 Å². The second-order valence-corrected chi connectivity index (χ2v) is 6.59. The summed E-state index contributed by atoms with van der Waals surface area (Å²) < 4.78 is 10.6. The van der Waals surface area contributed by atoms with Gasteiger partial charge in [0.2, 0.25) is 5.91 Å². The van der Waals surface area contributed by atoms with Crippen LogP contribution in [-0.4, -0.2) is 26.0 Å². The first-order chi connectivity index (χ1) is 14.6. The zero-order chi connectivity index (χ0) is 21.3. The number of amides is 2. The lowest BCUT2D eigenvalue weighted by atomic mass is 10.1. The summed E-state index contributed by atoms with van der Waals surface area (Å²) in [7, 11) is 3.17. The lowest BCUT2D eigenvalue weighted by molar-refractivity contribution is -0.116. The lowest BCUT2D eigenvalue weighted by Crippen LogP contribution is -2.14. The number of methoxy groups -OCH3 is 2. The standard InChI is InChI=1S/C24H24N2O4/c1-29-21-9-5-3-7-17(21)13-16-23(27)25-19-14-11-18(12-15-19)24(28)26-20-8-4-6-10-22(20)30-2/h3-12,14-15H,13,16H2,1-2H3,(H,25,27)(H,26,28). The summed E-state index contributed by atoms with van der Waals surface area (Å²) in [6.45, 7) is 0. The smallest absolute Gasteiger partial charge is 0.255 e. The molecule has 0 aliphatic rings. The van der Waals surface area contributed by atoms with E-state index >= 15 is 0 Å². The van der Waals surface area contributed by atoms with Gasteiger partial charge in [-0.15, -0.1) is 0 Å². The lowest BCUT2D eigenvalue weighted by Gasteiger charge is -2.11. The van der Waals surface area contributed by atoms with Crippen molar-refractivity contribution in [3.05, 3.63) is 83.9 Å². The van der Waals surface area contributed by atoms with Crippen molar-refractivity contribution in [3.63, 3.8) is 0 Å². The molecule has 0 saturated carbocycles. The third-order valence-electron chi connectivity index (χ3n) is 4.60. The molecule has 0 aromatic heterocycles. The quantitative estimate of drug-likeness (QED) is 0.578. The Bertz CT molecular complexity index is 1020. The topological polar surface area (TPSA) is 76.7 Å². The molecule has 0 radical (unpaired) electrons. The van der Waals surface area contributed by atoms with Crippen LogP contribution < -0.4 is 20.1 Å². The van der Waals surface area contributed by atoms with Crippen molar-refractivity contribution in [2.75, 3.05) is 24.9 Å². The van der Waals surface area contributed by atoms with Crippen LogP contribution in [-0.2, 0) is 11.2 Å². The Morgan fingerprint density at radius 2 is 1.40 bits per heavy atom. The normalized spacial score (nSPS) is 10.2. The van der Waals surface area contributed by atoms with E-state index in [1.54, 1.807) is 50.6 Å². The van der Waals surface area contributed by atoms with E-state index in [4.69, 9.17) is 9.47 Å². The summed E-state index contributed by atoms with van der Waals surface area (Å²) in [5.41, 5.74) is 2.69. The van der Waals surface area contributed by atoms with Crippen molar-refractivity contribution < 1.29 is 19.1 Å². The molecule has 0 heterocycles. The molecule has 0 bridgehead atoms. The molecule has 3 rings (SSSR count). The number of carbonyl (C=O) groups is 2. The Labute approximate surface area is 175 Å². The SMILES string of the molecule is COc1ccccc1CCC(=O)Nc1ccc(C(=O)Nc2ccccc2OC)cc1. The first-order valence-electron chi connectivity index (χ1n) is 9.57. The molecular formula is C24H24N2O4. The maximum absolute atomic E-state index is 12.5. The second-order valence-electron chi connectivity index (χ2n) is 6.59. The molecule has 6 nitrogen and oxygen atoms in total. The van der Waals surface area contributed by atoms with E-state index in [-0.39, 0.29) is 11.8 Å². The van der Waals surface area contributed by atoms with Crippen LogP contribution in [0.15, 0.2) is 72.8 Å². The summed E-state index contributed by atoms with van der Waals surface area (Å²) in [6.07, 6.45) is 0.908. The molecule has 0 aliphatic carbocycles. The zero-order valence-corrected chi connectivity index (χ0v) is 17.0. The molecule has 6 heteroatoms. The van der Waals surface area contributed by atoms with Gasteiger partial charge >= 0.3 is 0 Å². The second kappa shape index (κ2) is 10.1. The van der Waals surface area contributed by atoms with E-state index in [1.807, 2.05) is 36.4 Å². The fourth-order valence-corrected chi connectivity index (χ4v) is 3.03. The minimum Gasteiger partial charge on any atom is -0.496 e. The molecule has 154 valence electrons. The molecule has 0 fully saturated rings. The highest BCUT2D eigenvalue weighted by atomic mass is 16.5. The van der Waals surface area contributed by atoms with Crippen molar-refractivity contribution in [1.82, 2.24) is 0 Å². The Morgan fingerprint density at radius 3 is 2.10 bits per heavy atom. The number of rotatable bonds is 8. The molecule has 0 aliphatic heterocycles. The number of ether oxygens (including phenoxy) is 2. The van der Waals surface area contributed by atoms with Crippen LogP contribution in [0.5, 0.6) is 11.5 Å². The predicted molar refractivity (Wildman–Crippen MR) is 117 cm³/mol. The van der Waals surface area contributed by atoms with E-state index in [2.05, 4.69) is 10.6 Å². The van der Waals surface area contributed by atoms with E-state index < -0.39 is 0 Å². The Balaban J connectivity index is 1.56. The van der Waals surface area contributed by atoms with E-state index in [1.165, 1.54) is 0 Å². The van der Waals surface area contributed by atoms with Gasteiger partial charge in [-0.1, -0.05) is 30.3 Å². The van der Waals surface area contributed by atoms with Crippen LogP contribution in [0.2, 0.25) is 0 Å². The maximum atomic E-state index is 12.5. The minimum absolute atomic E-state index is 0.105. The number of hydrogen-bond acceptors (Lipinski definition) is 4. The summed E-state index contributed by atoms with van der Waals surface area (Å²) in [5.74, 6) is 1.00. The van der Waals surface area contributed by atoms with Gasteiger partial charge in [-0.05, 0) is 54.4 Å². The molecule has 0 spiro atoms. The summed E-state index contributed by atoms with van der Waals surface area (Å²) in [5, 5.41) is 5.68. The summed E-state index contributed by atoms with van der Waals surface area (Å²) >= 11 is 0. The summed E-state index contributed by atoms with van der Waals surface area (Å²) in [6, 6.07) is 21.6. The molecular weight excluding hydrogens is 380 g/mol. The Kier molecular flexibility index (Phi) is 7.05. The monoisotopic (exact) mass is 404 g/mol. The number of benzene rings is 3. The molecule has 0 unspecified atom stereocenters. The number of anilines is 2. The molecule has 3 aromatic rings. The zero-order valence-electron chi connectivity index (χ0n) is 17.0. The van der Waals surface area contributed by atoms with Gasteiger partial charge in [0, 0.05) is 17.7 Å². The van der Waals surface area contributed by atoms with Crippen LogP contribution in [0.4, 0.5) is 11.4 Å². The van der Waals surface area contributed by atoms with Crippen molar-refractivity contribution >= 4 is 23.2 Å². The number of para-hydroxylation sites is 3. The van der Waals surface area contributed by atoms with Crippen LogP contribution in [0.3, 0.4) is 0 Å². The van der Waals surface area contributed by atoms with Crippen molar-refractivity contribution in [3.8, 4) is 11.5 Å². The fraction of sp³-hybridized carbons (Fsp3) is 0.167. The third kappa shape index (κ3) is 5.38. The number of carbonyl (C=O) groups excluding carboxylic acids is 2. The highest BCUT2D eigenvalue weighted by Crippen LogP contribution is 2.24.